The van der Waals surface area contributed by atoms with Gasteiger partial charge in [0.2, 0.25) is 0 Å². The van der Waals surface area contributed by atoms with Crippen molar-refractivity contribution in [3.63, 3.8) is 0 Å². The minimum absolute atomic E-state index is 0.0292. The molecule has 1 aromatic carbocycles. The molecule has 0 radical (unpaired) electrons. The van der Waals surface area contributed by atoms with E-state index in [2.05, 4.69) is 10.3 Å². The SMILES string of the molecule is CNC(=O)c1cccnc1C=C(O)c1ccc(OC)cc1. The Morgan fingerprint density at radius 1 is 1.29 bits per heavy atom. The minimum Gasteiger partial charge on any atom is -0.507 e. The van der Waals surface area contributed by atoms with Crippen LogP contribution in [0.3, 0.4) is 0 Å². The van der Waals surface area contributed by atoms with Crippen LogP contribution in [0.1, 0.15) is 21.6 Å². The number of pyridine rings is 1. The number of rotatable bonds is 4. The molecule has 108 valence electrons. The molecule has 2 rings (SSSR count). The molecule has 1 heterocycles. The Morgan fingerprint density at radius 3 is 2.62 bits per heavy atom. The third-order valence-electron chi connectivity index (χ3n) is 2.97. The van der Waals surface area contributed by atoms with Crippen molar-refractivity contribution in [2.75, 3.05) is 14.2 Å². The van der Waals surface area contributed by atoms with E-state index in [4.69, 9.17) is 4.74 Å². The van der Waals surface area contributed by atoms with E-state index in [1.807, 2.05) is 0 Å². The number of carbonyl (C=O) groups excluding carboxylic acids is 1. The number of nitrogens with one attached hydrogen (secondary N) is 1. The zero-order valence-corrected chi connectivity index (χ0v) is 11.8. The third-order valence-corrected chi connectivity index (χ3v) is 2.97. The van der Waals surface area contributed by atoms with E-state index in [-0.39, 0.29) is 11.7 Å². The number of aromatic nitrogens is 1. The van der Waals surface area contributed by atoms with Gasteiger partial charge in [-0.2, -0.15) is 0 Å². The molecule has 0 bridgehead atoms. The van der Waals surface area contributed by atoms with Crippen LogP contribution < -0.4 is 10.1 Å². The quantitative estimate of drug-likeness (QED) is 0.846. The molecular formula is C16H16N2O3. The van der Waals surface area contributed by atoms with Crippen LogP contribution in [-0.4, -0.2) is 30.2 Å². The van der Waals surface area contributed by atoms with Crippen molar-refractivity contribution in [1.29, 1.82) is 0 Å². The van der Waals surface area contributed by atoms with Crippen molar-refractivity contribution < 1.29 is 14.6 Å². The predicted molar refractivity (Wildman–Crippen MR) is 81.1 cm³/mol. The zero-order valence-electron chi connectivity index (χ0n) is 11.8. The molecule has 0 saturated heterocycles. The van der Waals surface area contributed by atoms with Crippen LogP contribution in [0.4, 0.5) is 0 Å². The van der Waals surface area contributed by atoms with Crippen LogP contribution in [0.15, 0.2) is 42.6 Å². The van der Waals surface area contributed by atoms with Crippen molar-refractivity contribution in [3.8, 4) is 5.75 Å². The molecule has 1 amide bonds. The van der Waals surface area contributed by atoms with E-state index >= 15 is 0 Å². The monoisotopic (exact) mass is 284 g/mol. The minimum atomic E-state index is -0.253. The van der Waals surface area contributed by atoms with Crippen molar-refractivity contribution >= 4 is 17.7 Å². The molecule has 0 aliphatic carbocycles. The van der Waals surface area contributed by atoms with Crippen molar-refractivity contribution in [3.05, 3.63) is 59.4 Å². The maximum atomic E-state index is 11.8. The molecule has 5 nitrogen and oxygen atoms in total. The lowest BCUT2D eigenvalue weighted by Crippen LogP contribution is -2.19. The summed E-state index contributed by atoms with van der Waals surface area (Å²) >= 11 is 0. The number of carbonyl (C=O) groups is 1. The van der Waals surface area contributed by atoms with E-state index in [0.717, 1.165) is 0 Å². The number of amides is 1. The highest BCUT2D eigenvalue weighted by Gasteiger charge is 2.10. The summed E-state index contributed by atoms with van der Waals surface area (Å²) in [6.45, 7) is 0. The smallest absolute Gasteiger partial charge is 0.253 e. The number of aliphatic hydroxyl groups is 1. The van der Waals surface area contributed by atoms with Gasteiger partial charge in [-0.15, -0.1) is 0 Å². The van der Waals surface area contributed by atoms with E-state index in [1.165, 1.54) is 6.08 Å². The largest absolute Gasteiger partial charge is 0.507 e. The highest BCUT2D eigenvalue weighted by molar-refractivity contribution is 5.98. The van der Waals surface area contributed by atoms with Crippen LogP contribution in [-0.2, 0) is 0 Å². The first kappa shape index (κ1) is 14.6. The summed E-state index contributed by atoms with van der Waals surface area (Å²) in [7, 11) is 3.13. The van der Waals surface area contributed by atoms with Crippen molar-refractivity contribution in [1.82, 2.24) is 10.3 Å². The van der Waals surface area contributed by atoms with Gasteiger partial charge in [0, 0.05) is 24.9 Å². The maximum absolute atomic E-state index is 11.8. The number of hydrogen-bond donors (Lipinski definition) is 2. The lowest BCUT2D eigenvalue weighted by Gasteiger charge is -2.05. The molecule has 0 aliphatic heterocycles. The van der Waals surface area contributed by atoms with Crippen LogP contribution >= 0.6 is 0 Å². The summed E-state index contributed by atoms with van der Waals surface area (Å²) in [5, 5.41) is 12.7. The number of benzene rings is 1. The topological polar surface area (TPSA) is 71.5 Å². The van der Waals surface area contributed by atoms with Gasteiger partial charge < -0.3 is 15.2 Å². The Hall–Kier alpha value is -2.82. The van der Waals surface area contributed by atoms with Gasteiger partial charge in [-0.1, -0.05) is 0 Å². The average molecular weight is 284 g/mol. The van der Waals surface area contributed by atoms with Gasteiger partial charge in [0.25, 0.3) is 5.91 Å². The molecule has 0 spiro atoms. The van der Waals surface area contributed by atoms with E-state index in [0.29, 0.717) is 22.6 Å². The van der Waals surface area contributed by atoms with Gasteiger partial charge in [-0.25, -0.2) is 0 Å². The Kier molecular flexibility index (Phi) is 4.56. The fraction of sp³-hybridized carbons (Fsp3) is 0.125. The lowest BCUT2D eigenvalue weighted by atomic mass is 10.1. The summed E-state index contributed by atoms with van der Waals surface area (Å²) in [4.78, 5) is 15.9. The second-order valence-corrected chi connectivity index (χ2v) is 4.27. The predicted octanol–water partition coefficient (Wildman–Crippen LogP) is 2.51. The number of aliphatic hydroxyl groups excluding tert-OH is 1. The molecule has 2 aromatic rings. The molecule has 0 fully saturated rings. The highest BCUT2D eigenvalue weighted by atomic mass is 16.5. The van der Waals surface area contributed by atoms with Crippen LogP contribution in [0.25, 0.3) is 11.8 Å². The molecule has 5 heteroatoms. The third kappa shape index (κ3) is 3.39. The van der Waals surface area contributed by atoms with Gasteiger partial charge in [0.15, 0.2) is 0 Å². The summed E-state index contributed by atoms with van der Waals surface area (Å²) in [6, 6.07) is 10.3. The normalized spacial score (nSPS) is 11.0. The molecule has 1 aromatic heterocycles. The molecule has 2 N–H and O–H groups in total. The van der Waals surface area contributed by atoms with Crippen LogP contribution in [0.5, 0.6) is 5.75 Å². The van der Waals surface area contributed by atoms with Gasteiger partial charge in [-0.05, 0) is 36.4 Å². The lowest BCUT2D eigenvalue weighted by molar-refractivity contribution is 0.0962. The maximum Gasteiger partial charge on any atom is 0.253 e. The van der Waals surface area contributed by atoms with Gasteiger partial charge >= 0.3 is 0 Å². The first-order valence-corrected chi connectivity index (χ1v) is 6.38. The van der Waals surface area contributed by atoms with E-state index < -0.39 is 0 Å². The second-order valence-electron chi connectivity index (χ2n) is 4.27. The number of nitrogens with zero attached hydrogens (tertiary/aromatic N) is 1. The van der Waals surface area contributed by atoms with E-state index in [1.54, 1.807) is 56.8 Å². The van der Waals surface area contributed by atoms with Crippen LogP contribution in [0.2, 0.25) is 0 Å². The average Bonchev–Trinajstić information content (AvgIpc) is 2.54. The first-order valence-electron chi connectivity index (χ1n) is 6.38. The van der Waals surface area contributed by atoms with Crippen LogP contribution in [0, 0.1) is 0 Å². The Bertz CT molecular complexity index is 663. The fourth-order valence-corrected chi connectivity index (χ4v) is 1.83. The molecule has 0 saturated carbocycles. The number of ether oxygens (including phenoxy) is 1. The number of methoxy groups -OCH3 is 1. The Labute approximate surface area is 122 Å². The fourth-order valence-electron chi connectivity index (χ4n) is 1.83. The summed E-state index contributed by atoms with van der Waals surface area (Å²) in [5.41, 5.74) is 1.43. The molecular weight excluding hydrogens is 268 g/mol. The Morgan fingerprint density at radius 2 is 2.00 bits per heavy atom. The molecule has 21 heavy (non-hydrogen) atoms. The summed E-state index contributed by atoms with van der Waals surface area (Å²) < 4.78 is 5.07. The second kappa shape index (κ2) is 6.56. The van der Waals surface area contributed by atoms with Crippen molar-refractivity contribution in [2.24, 2.45) is 0 Å². The molecule has 0 unspecified atom stereocenters. The molecule has 0 aliphatic rings. The van der Waals surface area contributed by atoms with Gasteiger partial charge in [-0.3, -0.25) is 9.78 Å². The molecule has 0 atom stereocenters. The van der Waals surface area contributed by atoms with Gasteiger partial charge in [0.05, 0.1) is 18.4 Å². The summed E-state index contributed by atoms with van der Waals surface area (Å²) in [5.74, 6) is 0.480. The number of hydrogen-bond acceptors (Lipinski definition) is 4. The summed E-state index contributed by atoms with van der Waals surface area (Å²) in [6.07, 6.45) is 3.03. The van der Waals surface area contributed by atoms with Crippen molar-refractivity contribution in [2.45, 2.75) is 0 Å². The highest BCUT2D eigenvalue weighted by Crippen LogP contribution is 2.19. The standard InChI is InChI=1S/C16H16N2O3/c1-17-16(20)13-4-3-9-18-14(13)10-15(19)11-5-7-12(21-2)8-6-11/h3-10,19H,1-2H3,(H,17,20). The Balaban J connectivity index is 2.36. The van der Waals surface area contributed by atoms with Gasteiger partial charge in [0.1, 0.15) is 11.5 Å². The zero-order chi connectivity index (χ0) is 15.2. The first-order chi connectivity index (χ1) is 10.2. The van der Waals surface area contributed by atoms with E-state index in [9.17, 15) is 9.90 Å².